The van der Waals surface area contributed by atoms with E-state index in [0.29, 0.717) is 6.42 Å². The van der Waals surface area contributed by atoms with Crippen LogP contribution in [0.4, 0.5) is 4.79 Å². The fraction of sp³-hybridized carbons (Fsp3) is 0.600. The molecule has 0 aromatic rings. The number of amides is 1. The lowest BCUT2D eigenvalue weighted by molar-refractivity contribution is -0.113. The normalized spacial score (nSPS) is 12.3. The summed E-state index contributed by atoms with van der Waals surface area (Å²) in [5, 5.41) is 0.810. The molecule has 0 saturated carbocycles. The lowest BCUT2D eigenvalue weighted by atomic mass is 10.2. The first-order valence-electron chi connectivity index (χ1n) is 2.73. The Hall–Kier alpha value is -0.280. The van der Waals surface area contributed by atoms with Crippen molar-refractivity contribution < 1.29 is 9.59 Å². The van der Waals surface area contributed by atoms with Crippen molar-refractivity contribution in [3.8, 4) is 0 Å². The summed E-state index contributed by atoms with van der Waals surface area (Å²) in [5.41, 5.74) is 0. The highest BCUT2D eigenvalue weighted by Crippen LogP contribution is 1.97. The van der Waals surface area contributed by atoms with Gasteiger partial charge >= 0.3 is 5.37 Å². The molecule has 0 aromatic heterocycles. The van der Waals surface area contributed by atoms with Crippen LogP contribution in [-0.2, 0) is 4.79 Å². The van der Waals surface area contributed by atoms with Gasteiger partial charge in [0.05, 0.1) is 0 Å². The summed E-state index contributed by atoms with van der Waals surface area (Å²) in [6.45, 7) is 1.72. The molecule has 0 rings (SSSR count). The van der Waals surface area contributed by atoms with Crippen molar-refractivity contribution in [2.24, 2.45) is 0 Å². The number of hydrogen-bond acceptors (Lipinski definition) is 2. The minimum atomic E-state index is -0.763. The van der Waals surface area contributed by atoms with Gasteiger partial charge in [0.1, 0.15) is 6.04 Å². The molecule has 1 atom stereocenters. The third-order valence-electron chi connectivity index (χ3n) is 0.970. The number of rotatable bonds is 3. The van der Waals surface area contributed by atoms with E-state index < -0.39 is 16.7 Å². The lowest BCUT2D eigenvalue weighted by Crippen LogP contribution is -2.35. The van der Waals surface area contributed by atoms with Crippen LogP contribution in [-0.4, -0.2) is 16.7 Å². The van der Waals surface area contributed by atoms with Crippen molar-refractivity contribution in [2.75, 3.05) is 0 Å². The smallest absolute Gasteiger partial charge is 0.314 e. The Kier molecular flexibility index (Phi) is 4.40. The third kappa shape index (κ3) is 3.69. The highest BCUT2D eigenvalue weighted by Gasteiger charge is 2.14. The van der Waals surface area contributed by atoms with Crippen molar-refractivity contribution >= 4 is 33.8 Å². The van der Waals surface area contributed by atoms with Crippen LogP contribution in [0.3, 0.4) is 0 Å². The molecule has 58 valence electrons. The predicted molar refractivity (Wildman–Crippen MR) is 39.3 cm³/mol. The molecule has 0 saturated heterocycles. The Bertz CT molecular complexity index is 149. The largest absolute Gasteiger partial charge is 0.331 e. The molecule has 1 N–H and O–H groups in total. The molecule has 0 radical (unpaired) electrons. The minimum Gasteiger partial charge on any atom is -0.331 e. The molecule has 3 nitrogen and oxygen atoms in total. The molecular formula is C5H7Cl2NO2. The van der Waals surface area contributed by atoms with Crippen molar-refractivity contribution in [1.82, 2.24) is 5.32 Å². The second-order valence-electron chi connectivity index (χ2n) is 1.68. The van der Waals surface area contributed by atoms with Crippen molar-refractivity contribution in [1.29, 1.82) is 0 Å². The first-order chi connectivity index (χ1) is 4.57. The van der Waals surface area contributed by atoms with Gasteiger partial charge in [-0.2, -0.15) is 0 Å². The summed E-state index contributed by atoms with van der Waals surface area (Å²) in [4.78, 5) is 20.6. The van der Waals surface area contributed by atoms with Crippen molar-refractivity contribution in [3.63, 3.8) is 0 Å². The summed E-state index contributed by atoms with van der Waals surface area (Å²) in [6, 6.07) is -0.660. The SMILES string of the molecule is CCC(NC(=O)Cl)C(=O)Cl. The van der Waals surface area contributed by atoms with Gasteiger partial charge in [-0.25, -0.2) is 0 Å². The quantitative estimate of drug-likeness (QED) is 0.533. The van der Waals surface area contributed by atoms with E-state index in [4.69, 9.17) is 23.2 Å². The Morgan fingerprint density at radius 2 is 2.00 bits per heavy atom. The molecule has 0 spiro atoms. The maximum atomic E-state index is 10.4. The standard InChI is InChI=1S/C5H7Cl2NO2/c1-2-3(4(6)9)8-5(7)10/h3H,2H2,1H3,(H,8,10). The molecule has 1 amide bonds. The van der Waals surface area contributed by atoms with Crippen LogP contribution in [0.15, 0.2) is 0 Å². The molecule has 0 aliphatic rings. The Morgan fingerprint density at radius 3 is 2.10 bits per heavy atom. The molecule has 0 heterocycles. The van der Waals surface area contributed by atoms with E-state index in [0.717, 1.165) is 0 Å². The van der Waals surface area contributed by atoms with Gasteiger partial charge < -0.3 is 5.32 Å². The molecular weight excluding hydrogens is 177 g/mol. The predicted octanol–water partition coefficient (Wildman–Crippen LogP) is 1.48. The van der Waals surface area contributed by atoms with Crippen LogP contribution in [0.25, 0.3) is 0 Å². The Labute approximate surface area is 68.7 Å². The fourth-order valence-corrected chi connectivity index (χ4v) is 0.797. The second-order valence-corrected chi connectivity index (χ2v) is 2.40. The zero-order chi connectivity index (χ0) is 8.15. The molecule has 0 aliphatic carbocycles. The average Bonchev–Trinajstić information content (AvgIpc) is 1.81. The first kappa shape index (κ1) is 9.72. The summed E-state index contributed by atoms with van der Waals surface area (Å²) >= 11 is 10.0. The first-order valence-corrected chi connectivity index (χ1v) is 3.48. The number of carbonyl (C=O) groups excluding carboxylic acids is 2. The highest BCUT2D eigenvalue weighted by atomic mass is 35.5. The van der Waals surface area contributed by atoms with E-state index in [-0.39, 0.29) is 0 Å². The highest BCUT2D eigenvalue weighted by molar-refractivity contribution is 6.66. The second kappa shape index (κ2) is 4.52. The topological polar surface area (TPSA) is 46.2 Å². The van der Waals surface area contributed by atoms with E-state index in [1.807, 2.05) is 0 Å². The van der Waals surface area contributed by atoms with Crippen molar-refractivity contribution in [3.05, 3.63) is 0 Å². The molecule has 10 heavy (non-hydrogen) atoms. The number of halogens is 2. The fourth-order valence-electron chi connectivity index (χ4n) is 0.456. The summed E-state index contributed by atoms with van der Waals surface area (Å²) in [6.07, 6.45) is 0.445. The molecule has 0 bridgehead atoms. The van der Waals surface area contributed by atoms with Gasteiger partial charge in [-0.05, 0) is 29.6 Å². The van der Waals surface area contributed by atoms with Crippen LogP contribution in [0.1, 0.15) is 13.3 Å². The van der Waals surface area contributed by atoms with Crippen LogP contribution in [0.2, 0.25) is 0 Å². The van der Waals surface area contributed by atoms with Gasteiger partial charge in [-0.15, -0.1) is 0 Å². The van der Waals surface area contributed by atoms with E-state index >= 15 is 0 Å². The van der Waals surface area contributed by atoms with Gasteiger partial charge in [-0.3, -0.25) is 9.59 Å². The van der Waals surface area contributed by atoms with E-state index in [9.17, 15) is 9.59 Å². The number of hydrogen-bond donors (Lipinski definition) is 1. The van der Waals surface area contributed by atoms with Crippen LogP contribution in [0, 0.1) is 0 Å². The molecule has 5 heteroatoms. The summed E-state index contributed by atoms with van der Waals surface area (Å²) in [5.74, 6) is 0. The van der Waals surface area contributed by atoms with E-state index in [2.05, 4.69) is 5.32 Å². The van der Waals surface area contributed by atoms with Crippen molar-refractivity contribution in [2.45, 2.75) is 19.4 Å². The van der Waals surface area contributed by atoms with Crippen LogP contribution in [0.5, 0.6) is 0 Å². The Balaban J connectivity index is 3.83. The summed E-state index contributed by atoms with van der Waals surface area (Å²) < 4.78 is 0. The van der Waals surface area contributed by atoms with Gasteiger partial charge in [-0.1, -0.05) is 6.92 Å². The van der Waals surface area contributed by atoms with Gasteiger partial charge in [0.25, 0.3) is 0 Å². The lowest BCUT2D eigenvalue weighted by Gasteiger charge is -2.07. The van der Waals surface area contributed by atoms with Crippen LogP contribution < -0.4 is 5.32 Å². The molecule has 0 aliphatic heterocycles. The van der Waals surface area contributed by atoms with E-state index in [1.54, 1.807) is 6.92 Å². The monoisotopic (exact) mass is 183 g/mol. The Morgan fingerprint density at radius 1 is 1.50 bits per heavy atom. The zero-order valence-corrected chi connectivity index (χ0v) is 6.87. The van der Waals surface area contributed by atoms with Gasteiger partial charge in [0.2, 0.25) is 5.24 Å². The molecule has 0 aromatic carbocycles. The number of nitrogens with one attached hydrogen (secondary N) is 1. The maximum absolute atomic E-state index is 10.4. The minimum absolute atomic E-state index is 0.445. The zero-order valence-electron chi connectivity index (χ0n) is 5.36. The maximum Gasteiger partial charge on any atom is 0.314 e. The number of carbonyl (C=O) groups is 2. The average molecular weight is 184 g/mol. The van der Waals surface area contributed by atoms with Gasteiger partial charge in [0, 0.05) is 0 Å². The molecule has 0 fully saturated rings. The molecule has 1 unspecified atom stereocenters. The van der Waals surface area contributed by atoms with Crippen LogP contribution >= 0.6 is 23.2 Å². The van der Waals surface area contributed by atoms with E-state index in [1.165, 1.54) is 0 Å². The summed E-state index contributed by atoms with van der Waals surface area (Å²) in [7, 11) is 0. The third-order valence-corrected chi connectivity index (χ3v) is 1.34. The van der Waals surface area contributed by atoms with Gasteiger partial charge in [0.15, 0.2) is 0 Å².